The molecular formula is C26H42O4. The molecule has 3 unspecified atom stereocenters. The molecule has 10 atom stereocenters. The van der Waals surface area contributed by atoms with E-state index in [2.05, 4.69) is 20.8 Å². The minimum Gasteiger partial charge on any atom is -0.481 e. The van der Waals surface area contributed by atoms with Crippen LogP contribution in [-0.2, 0) is 9.59 Å². The molecule has 4 fully saturated rings. The minimum absolute atomic E-state index is 0.0966. The highest BCUT2D eigenvalue weighted by Gasteiger charge is 2.65. The molecule has 0 bridgehead atoms. The van der Waals surface area contributed by atoms with Gasteiger partial charge in [-0.2, -0.15) is 0 Å². The fourth-order valence-electron chi connectivity index (χ4n) is 9.23. The van der Waals surface area contributed by atoms with Crippen molar-refractivity contribution in [1.82, 2.24) is 0 Å². The first-order valence-electron chi connectivity index (χ1n) is 12.5. The molecule has 2 N–H and O–H groups in total. The molecule has 0 radical (unpaired) electrons. The zero-order chi connectivity index (χ0) is 21.8. The Morgan fingerprint density at radius 1 is 1.00 bits per heavy atom. The van der Waals surface area contributed by atoms with Gasteiger partial charge in [-0.15, -0.1) is 0 Å². The zero-order valence-electron chi connectivity index (χ0n) is 19.4. The Labute approximate surface area is 182 Å². The highest BCUT2D eigenvalue weighted by Crippen LogP contribution is 2.68. The molecule has 0 saturated heterocycles. The second-order valence-corrected chi connectivity index (χ2v) is 11.9. The number of hydrogen-bond acceptors (Lipinski definition) is 3. The Kier molecular flexibility index (Phi) is 5.87. The van der Waals surface area contributed by atoms with Gasteiger partial charge < -0.3 is 10.2 Å². The molecule has 0 aromatic rings. The number of Topliss-reactive ketones (excluding diaryl/α,β-unsaturated/α-hetero) is 1. The Balaban J connectivity index is 1.64. The first kappa shape index (κ1) is 22.3. The number of carbonyl (C=O) groups excluding carboxylic acids is 1. The molecule has 4 aliphatic rings. The van der Waals surface area contributed by atoms with Crippen LogP contribution in [-0.4, -0.2) is 28.1 Å². The predicted molar refractivity (Wildman–Crippen MR) is 117 cm³/mol. The van der Waals surface area contributed by atoms with E-state index in [4.69, 9.17) is 5.11 Å². The number of aliphatic carboxylic acids is 1. The van der Waals surface area contributed by atoms with Crippen LogP contribution in [0.25, 0.3) is 0 Å². The number of aliphatic hydroxyl groups is 1. The molecule has 0 spiro atoms. The van der Waals surface area contributed by atoms with Crippen LogP contribution < -0.4 is 0 Å². The molecule has 170 valence electrons. The summed E-state index contributed by atoms with van der Waals surface area (Å²) in [7, 11) is 0. The molecule has 0 aromatic heterocycles. The number of hydrogen-bond donors (Lipinski definition) is 2. The van der Waals surface area contributed by atoms with Crippen molar-refractivity contribution in [2.45, 2.75) is 98.0 Å². The zero-order valence-corrected chi connectivity index (χ0v) is 19.4. The maximum atomic E-state index is 13.9. The van der Waals surface area contributed by atoms with Crippen molar-refractivity contribution in [2.24, 2.45) is 52.3 Å². The standard InChI is InChI=1S/C26H42O4/c1-15(8-11-21(28)29)17-9-10-19-23-20(12-14-26(17,19)4)25(3)13-6-5-7-18(25)22(16(2)27)24(23)30/h15-20,22-23,27H,5-14H2,1-4H3,(H,28,29)/t15?,16?,17-,18?,19+,20+,22-,23+,25+,26-/m1/s1. The molecule has 4 nitrogen and oxygen atoms in total. The van der Waals surface area contributed by atoms with Crippen LogP contribution in [0.4, 0.5) is 0 Å². The predicted octanol–water partition coefficient (Wildman–Crippen LogP) is 5.32. The maximum Gasteiger partial charge on any atom is 0.303 e. The average Bonchev–Trinajstić information content (AvgIpc) is 3.03. The van der Waals surface area contributed by atoms with Gasteiger partial charge >= 0.3 is 5.97 Å². The summed E-state index contributed by atoms with van der Waals surface area (Å²) in [5.41, 5.74) is 0.322. The third-order valence-corrected chi connectivity index (χ3v) is 10.6. The van der Waals surface area contributed by atoms with Gasteiger partial charge in [0.05, 0.1) is 6.10 Å². The number of rotatable bonds is 5. The van der Waals surface area contributed by atoms with Gasteiger partial charge in [0.15, 0.2) is 0 Å². The van der Waals surface area contributed by atoms with Crippen molar-refractivity contribution < 1.29 is 19.8 Å². The molecule has 4 rings (SSSR count). The highest BCUT2D eigenvalue weighted by molar-refractivity contribution is 5.86. The van der Waals surface area contributed by atoms with Crippen LogP contribution in [0.15, 0.2) is 0 Å². The van der Waals surface area contributed by atoms with Gasteiger partial charge in [0.1, 0.15) is 5.78 Å². The van der Waals surface area contributed by atoms with E-state index in [0.29, 0.717) is 35.4 Å². The van der Waals surface area contributed by atoms with Gasteiger partial charge in [-0.05, 0) is 92.3 Å². The summed E-state index contributed by atoms with van der Waals surface area (Å²) in [6, 6.07) is 0. The summed E-state index contributed by atoms with van der Waals surface area (Å²) in [6.45, 7) is 8.92. The average molecular weight is 419 g/mol. The quantitative estimate of drug-likeness (QED) is 0.633. The maximum absolute atomic E-state index is 13.9. The summed E-state index contributed by atoms with van der Waals surface area (Å²) in [5, 5.41) is 19.8. The van der Waals surface area contributed by atoms with Crippen LogP contribution >= 0.6 is 0 Å². The number of aliphatic hydroxyl groups excluding tert-OH is 1. The van der Waals surface area contributed by atoms with Gasteiger partial charge in [-0.1, -0.05) is 33.6 Å². The molecule has 0 heterocycles. The first-order valence-corrected chi connectivity index (χ1v) is 12.5. The molecule has 30 heavy (non-hydrogen) atoms. The molecule has 4 saturated carbocycles. The lowest BCUT2D eigenvalue weighted by atomic mass is 9.42. The lowest BCUT2D eigenvalue weighted by Gasteiger charge is -2.62. The third-order valence-electron chi connectivity index (χ3n) is 10.6. The highest BCUT2D eigenvalue weighted by atomic mass is 16.4. The summed E-state index contributed by atoms with van der Waals surface area (Å²) in [4.78, 5) is 25.0. The van der Waals surface area contributed by atoms with E-state index in [1.165, 1.54) is 25.7 Å². The summed E-state index contributed by atoms with van der Waals surface area (Å²) < 4.78 is 0. The van der Waals surface area contributed by atoms with E-state index >= 15 is 0 Å². The number of ketones is 1. The summed E-state index contributed by atoms with van der Waals surface area (Å²) in [5.74, 6) is 1.68. The Hall–Kier alpha value is -0.900. The van der Waals surface area contributed by atoms with Crippen molar-refractivity contribution in [3.05, 3.63) is 0 Å². The molecule has 0 amide bonds. The van der Waals surface area contributed by atoms with Gasteiger partial charge in [0.2, 0.25) is 0 Å². The van der Waals surface area contributed by atoms with E-state index in [9.17, 15) is 14.7 Å². The lowest BCUT2D eigenvalue weighted by Crippen LogP contribution is -2.61. The van der Waals surface area contributed by atoms with E-state index in [-0.39, 0.29) is 29.1 Å². The Morgan fingerprint density at radius 2 is 1.70 bits per heavy atom. The summed E-state index contributed by atoms with van der Waals surface area (Å²) >= 11 is 0. The number of carbonyl (C=O) groups is 2. The SMILES string of the molecule is CC(O)[C@H]1C(=O)[C@H]2[C@@H]3CC[C@H](C(C)CCC(=O)O)[C@@]3(C)CC[C@@H]2[C@@]2(C)CCCCC12. The topological polar surface area (TPSA) is 74.6 Å². The van der Waals surface area contributed by atoms with Gasteiger partial charge in [0, 0.05) is 18.3 Å². The van der Waals surface area contributed by atoms with Crippen LogP contribution in [0.3, 0.4) is 0 Å². The van der Waals surface area contributed by atoms with Crippen LogP contribution in [0.2, 0.25) is 0 Å². The second kappa shape index (κ2) is 7.90. The second-order valence-electron chi connectivity index (χ2n) is 11.9. The molecule has 4 aliphatic carbocycles. The van der Waals surface area contributed by atoms with Crippen molar-refractivity contribution >= 4 is 11.8 Å². The van der Waals surface area contributed by atoms with Gasteiger partial charge in [-0.25, -0.2) is 0 Å². The Morgan fingerprint density at radius 3 is 2.37 bits per heavy atom. The number of fused-ring (bicyclic) bond motifs is 5. The van der Waals surface area contributed by atoms with Crippen molar-refractivity contribution in [1.29, 1.82) is 0 Å². The van der Waals surface area contributed by atoms with Gasteiger partial charge in [0.25, 0.3) is 0 Å². The summed E-state index contributed by atoms with van der Waals surface area (Å²) in [6.07, 6.45) is 9.70. The van der Waals surface area contributed by atoms with Crippen LogP contribution in [0, 0.1) is 52.3 Å². The van der Waals surface area contributed by atoms with E-state index in [1.54, 1.807) is 0 Å². The normalized spacial score (nSPS) is 47.7. The van der Waals surface area contributed by atoms with E-state index in [0.717, 1.165) is 32.1 Å². The van der Waals surface area contributed by atoms with Crippen molar-refractivity contribution in [3.8, 4) is 0 Å². The molecule has 0 aliphatic heterocycles. The van der Waals surface area contributed by atoms with Crippen molar-refractivity contribution in [2.75, 3.05) is 0 Å². The molecule has 4 heteroatoms. The smallest absolute Gasteiger partial charge is 0.303 e. The van der Waals surface area contributed by atoms with E-state index < -0.39 is 12.1 Å². The van der Waals surface area contributed by atoms with Crippen LogP contribution in [0.1, 0.15) is 91.9 Å². The van der Waals surface area contributed by atoms with E-state index in [1.807, 2.05) is 6.92 Å². The third kappa shape index (κ3) is 3.27. The first-order chi connectivity index (χ1) is 14.1. The molecule has 0 aromatic carbocycles. The number of carboxylic acid groups (broad SMARTS) is 1. The lowest BCUT2D eigenvalue weighted by molar-refractivity contribution is -0.175. The monoisotopic (exact) mass is 418 g/mol. The fourth-order valence-corrected chi connectivity index (χ4v) is 9.23. The molecular weight excluding hydrogens is 376 g/mol. The fraction of sp³-hybridized carbons (Fsp3) is 0.923. The minimum atomic E-state index is -0.705. The van der Waals surface area contributed by atoms with Crippen LogP contribution in [0.5, 0.6) is 0 Å². The largest absolute Gasteiger partial charge is 0.481 e. The van der Waals surface area contributed by atoms with Crippen molar-refractivity contribution in [3.63, 3.8) is 0 Å². The number of carboxylic acids is 1. The Bertz CT molecular complexity index is 687. The van der Waals surface area contributed by atoms with Gasteiger partial charge in [-0.3, -0.25) is 9.59 Å².